The van der Waals surface area contributed by atoms with E-state index in [0.29, 0.717) is 5.03 Å². The molecule has 0 amide bonds. The van der Waals surface area contributed by atoms with Crippen molar-refractivity contribution in [3.63, 3.8) is 0 Å². The highest BCUT2D eigenvalue weighted by Gasteiger charge is 2.13. The maximum atomic E-state index is 12.4. The third-order valence-corrected chi connectivity index (χ3v) is 7.86. The summed E-state index contributed by atoms with van der Waals surface area (Å²) in [5.41, 5.74) is 0.976. The number of sulfonamides is 1. The van der Waals surface area contributed by atoms with E-state index in [-0.39, 0.29) is 4.90 Å². The van der Waals surface area contributed by atoms with Gasteiger partial charge in [-0.1, -0.05) is 89.2 Å². The number of aryl methyl sites for hydroxylation is 1. The number of nitrogens with one attached hydrogen (secondary N) is 1. The van der Waals surface area contributed by atoms with Crippen LogP contribution in [0.5, 0.6) is 0 Å². The SMILES string of the molecule is Cc1ccc(S(=O)(=O)N/N=C/C(Cl)=C(Sc2ccccc2)Sc2ccccc2)cc1. The molecular formula is C22H19ClN2O2S3. The van der Waals surface area contributed by atoms with E-state index in [1.54, 1.807) is 12.1 Å². The van der Waals surface area contributed by atoms with Gasteiger partial charge in [0, 0.05) is 9.79 Å². The second-order valence-corrected chi connectivity index (χ2v) is 10.6. The van der Waals surface area contributed by atoms with E-state index in [1.807, 2.05) is 67.6 Å². The Kier molecular flexibility index (Phi) is 8.04. The van der Waals surface area contributed by atoms with Crippen molar-refractivity contribution in [1.29, 1.82) is 0 Å². The summed E-state index contributed by atoms with van der Waals surface area (Å²) < 4.78 is 25.5. The molecule has 30 heavy (non-hydrogen) atoms. The van der Waals surface area contributed by atoms with Crippen molar-refractivity contribution < 1.29 is 8.42 Å². The number of allylic oxidation sites excluding steroid dienone is 1. The van der Waals surface area contributed by atoms with E-state index in [4.69, 9.17) is 11.6 Å². The molecule has 3 aromatic rings. The lowest BCUT2D eigenvalue weighted by molar-refractivity contribution is 0.584. The van der Waals surface area contributed by atoms with Gasteiger partial charge in [0.2, 0.25) is 0 Å². The van der Waals surface area contributed by atoms with Crippen molar-refractivity contribution in [2.45, 2.75) is 21.6 Å². The van der Waals surface area contributed by atoms with Gasteiger partial charge in [-0.3, -0.25) is 0 Å². The first-order chi connectivity index (χ1) is 14.4. The van der Waals surface area contributed by atoms with E-state index in [1.165, 1.54) is 41.9 Å². The molecule has 0 aliphatic heterocycles. The minimum atomic E-state index is -3.76. The fraction of sp³-hybridized carbons (Fsp3) is 0.0455. The average Bonchev–Trinajstić information content (AvgIpc) is 2.75. The van der Waals surface area contributed by atoms with E-state index in [9.17, 15) is 8.42 Å². The van der Waals surface area contributed by atoms with Crippen LogP contribution in [0.25, 0.3) is 0 Å². The lowest BCUT2D eigenvalue weighted by atomic mass is 10.2. The van der Waals surface area contributed by atoms with E-state index in [2.05, 4.69) is 9.93 Å². The zero-order valence-electron chi connectivity index (χ0n) is 16.0. The van der Waals surface area contributed by atoms with Gasteiger partial charge in [0.15, 0.2) is 0 Å². The zero-order valence-corrected chi connectivity index (χ0v) is 19.2. The van der Waals surface area contributed by atoms with Gasteiger partial charge in [-0.05, 0) is 43.3 Å². The summed E-state index contributed by atoms with van der Waals surface area (Å²) in [6, 6.07) is 26.2. The first-order valence-corrected chi connectivity index (χ1v) is 12.4. The molecule has 0 bridgehead atoms. The Labute approximate surface area is 190 Å². The molecule has 0 saturated heterocycles. The number of nitrogens with zero attached hydrogens (tertiary/aromatic N) is 1. The fourth-order valence-electron chi connectivity index (χ4n) is 2.28. The van der Waals surface area contributed by atoms with Gasteiger partial charge in [-0.25, -0.2) is 4.83 Å². The van der Waals surface area contributed by atoms with Crippen molar-refractivity contribution >= 4 is 51.4 Å². The number of hydrazone groups is 1. The Bertz CT molecular complexity index is 1090. The number of thioether (sulfide) groups is 2. The topological polar surface area (TPSA) is 58.5 Å². The highest BCUT2D eigenvalue weighted by atomic mass is 35.5. The highest BCUT2D eigenvalue weighted by molar-refractivity contribution is 8.22. The van der Waals surface area contributed by atoms with Crippen molar-refractivity contribution in [3.05, 3.63) is 99.8 Å². The van der Waals surface area contributed by atoms with Crippen molar-refractivity contribution in [1.82, 2.24) is 4.83 Å². The maximum Gasteiger partial charge on any atom is 0.276 e. The molecule has 0 aliphatic rings. The Balaban J connectivity index is 1.80. The summed E-state index contributed by atoms with van der Waals surface area (Å²) >= 11 is 9.48. The molecule has 0 fully saturated rings. The molecule has 3 rings (SSSR count). The van der Waals surface area contributed by atoms with Crippen molar-refractivity contribution in [2.24, 2.45) is 5.10 Å². The van der Waals surface area contributed by atoms with Crippen LogP contribution >= 0.6 is 35.1 Å². The second kappa shape index (κ2) is 10.7. The van der Waals surface area contributed by atoms with Gasteiger partial charge in [-0.2, -0.15) is 13.5 Å². The molecule has 0 atom stereocenters. The summed E-state index contributed by atoms with van der Waals surface area (Å²) in [5.74, 6) is 0. The van der Waals surface area contributed by atoms with Gasteiger partial charge in [0.25, 0.3) is 10.0 Å². The predicted octanol–water partition coefficient (Wildman–Crippen LogP) is 6.25. The molecule has 0 radical (unpaired) electrons. The third kappa shape index (κ3) is 6.67. The number of benzene rings is 3. The predicted molar refractivity (Wildman–Crippen MR) is 127 cm³/mol. The first kappa shape index (κ1) is 22.5. The molecule has 0 heterocycles. The van der Waals surface area contributed by atoms with E-state index in [0.717, 1.165) is 19.6 Å². The molecule has 4 nitrogen and oxygen atoms in total. The summed E-state index contributed by atoms with van der Waals surface area (Å²) in [6.45, 7) is 1.89. The minimum Gasteiger partial charge on any atom is -0.200 e. The maximum absolute atomic E-state index is 12.4. The van der Waals surface area contributed by atoms with Crippen LogP contribution in [0.4, 0.5) is 0 Å². The first-order valence-electron chi connectivity index (χ1n) is 8.91. The molecule has 1 N–H and O–H groups in total. The number of hydrogen-bond acceptors (Lipinski definition) is 5. The minimum absolute atomic E-state index is 0.142. The summed E-state index contributed by atoms with van der Waals surface area (Å²) in [4.78, 5) is 4.39. The Hall–Kier alpha value is -2.19. The molecule has 0 saturated carbocycles. The molecule has 154 valence electrons. The average molecular weight is 475 g/mol. The molecule has 0 aromatic heterocycles. The number of halogens is 1. The Morgan fingerprint density at radius 1 is 0.867 bits per heavy atom. The second-order valence-electron chi connectivity index (χ2n) is 6.13. The largest absolute Gasteiger partial charge is 0.276 e. The van der Waals surface area contributed by atoms with Gasteiger partial charge in [0.1, 0.15) is 0 Å². The van der Waals surface area contributed by atoms with Crippen LogP contribution in [0.1, 0.15) is 5.56 Å². The van der Waals surface area contributed by atoms with Gasteiger partial charge >= 0.3 is 0 Å². The molecule has 0 aliphatic carbocycles. The van der Waals surface area contributed by atoms with E-state index < -0.39 is 10.0 Å². The van der Waals surface area contributed by atoms with Crippen LogP contribution in [0.15, 0.2) is 114 Å². The van der Waals surface area contributed by atoms with Gasteiger partial charge in [0.05, 0.1) is 20.4 Å². The number of hydrogen-bond donors (Lipinski definition) is 1. The lowest BCUT2D eigenvalue weighted by Crippen LogP contribution is -2.18. The highest BCUT2D eigenvalue weighted by Crippen LogP contribution is 2.41. The van der Waals surface area contributed by atoms with Crippen LogP contribution in [0.2, 0.25) is 0 Å². The standard InChI is InChI=1S/C22H19ClN2O2S3/c1-17-12-14-20(15-13-17)30(26,27)25-24-16-21(23)22(28-18-8-4-2-5-9-18)29-19-10-6-3-7-11-19/h2-16,25H,1H3/b24-16+. The smallest absolute Gasteiger partial charge is 0.200 e. The van der Waals surface area contributed by atoms with Crippen LogP contribution in [-0.4, -0.2) is 14.6 Å². The van der Waals surface area contributed by atoms with E-state index >= 15 is 0 Å². The molecule has 0 unspecified atom stereocenters. The molecule has 0 spiro atoms. The lowest BCUT2D eigenvalue weighted by Gasteiger charge is -2.08. The Morgan fingerprint density at radius 2 is 1.37 bits per heavy atom. The molecule has 8 heteroatoms. The normalized spacial score (nSPS) is 11.4. The number of rotatable bonds is 8. The summed E-state index contributed by atoms with van der Waals surface area (Å²) in [7, 11) is -3.76. The summed E-state index contributed by atoms with van der Waals surface area (Å²) in [6.07, 6.45) is 1.31. The molecule has 3 aromatic carbocycles. The van der Waals surface area contributed by atoms with Crippen LogP contribution < -0.4 is 4.83 Å². The van der Waals surface area contributed by atoms with Gasteiger partial charge in [-0.15, -0.1) is 0 Å². The van der Waals surface area contributed by atoms with Crippen LogP contribution in [0, 0.1) is 6.92 Å². The molecular weight excluding hydrogens is 456 g/mol. The third-order valence-electron chi connectivity index (χ3n) is 3.78. The van der Waals surface area contributed by atoms with Crippen molar-refractivity contribution in [3.8, 4) is 0 Å². The monoisotopic (exact) mass is 474 g/mol. The summed E-state index contributed by atoms with van der Waals surface area (Å²) in [5, 5.41) is 4.20. The quantitative estimate of drug-likeness (QED) is 0.238. The zero-order chi connectivity index (χ0) is 21.4. The van der Waals surface area contributed by atoms with Crippen molar-refractivity contribution in [2.75, 3.05) is 0 Å². The van der Waals surface area contributed by atoms with Crippen LogP contribution in [-0.2, 0) is 10.0 Å². The fourth-order valence-corrected chi connectivity index (χ4v) is 5.42. The Morgan fingerprint density at radius 3 is 1.87 bits per heavy atom. The van der Waals surface area contributed by atoms with Crippen LogP contribution in [0.3, 0.4) is 0 Å². The van der Waals surface area contributed by atoms with Gasteiger partial charge < -0.3 is 0 Å².